The van der Waals surface area contributed by atoms with E-state index in [4.69, 9.17) is 26.2 Å². The Morgan fingerprint density at radius 3 is 2.70 bits per heavy atom. The largest absolute Gasteiger partial charge is 0.496 e. The Balaban J connectivity index is 1.78. The summed E-state index contributed by atoms with van der Waals surface area (Å²) in [5.41, 5.74) is 13.1. The minimum Gasteiger partial charge on any atom is -0.496 e. The summed E-state index contributed by atoms with van der Waals surface area (Å²) in [6.07, 6.45) is 1.77. The van der Waals surface area contributed by atoms with Crippen molar-refractivity contribution in [3.8, 4) is 23.8 Å². The quantitative estimate of drug-likeness (QED) is 0.166. The number of fused-ring (bicyclic) bond motifs is 1. The first kappa shape index (κ1) is 24.5. The average molecular weight is 503 g/mol. The van der Waals surface area contributed by atoms with Gasteiger partial charge >= 0.3 is 5.69 Å². The normalized spacial score (nSPS) is 13.7. The third-order valence-electron chi connectivity index (χ3n) is 5.48. The molecule has 0 radical (unpaired) electrons. The summed E-state index contributed by atoms with van der Waals surface area (Å²) >= 11 is 0. The molecule has 0 amide bonds. The number of guanidine groups is 1. The van der Waals surface area contributed by atoms with Crippen molar-refractivity contribution >= 4 is 29.0 Å². The van der Waals surface area contributed by atoms with Gasteiger partial charge < -0.3 is 26.3 Å². The molecular weight excluding hydrogens is 485 g/mol. The molecule has 1 atom stereocenters. The molecule has 3 aromatic rings. The number of nitrogens with zero attached hydrogens (tertiary/aromatic N) is 5. The van der Waals surface area contributed by atoms with Crippen LogP contribution in [0.15, 0.2) is 41.4 Å². The number of nitrogen functional groups attached to an aromatic ring is 2. The standard InChI is InChI=1S/C23H18FN9O4/c1-36-16-5-2-11(6-12(16)9-37-17-7-13(24)3-4-15(17)33(34)35)20-18-19(27)14(8-25)21(28)31-22(18)32-23(30-20)29-10-26/h2-7,20H,9H2,1H3,(H6,27,28,29,30,31,32). The Bertz CT molecular complexity index is 1530. The minimum absolute atomic E-state index is 0.0204. The number of aliphatic imine (C=N–C) groups is 1. The van der Waals surface area contributed by atoms with E-state index in [1.165, 1.54) is 7.11 Å². The number of halogens is 1. The number of nitro benzene ring substituents is 1. The molecule has 0 spiro atoms. The van der Waals surface area contributed by atoms with E-state index in [-0.39, 0.29) is 41.2 Å². The van der Waals surface area contributed by atoms with Gasteiger partial charge in [0.05, 0.1) is 17.7 Å². The molecule has 186 valence electrons. The SMILES string of the molecule is COc1ccc(C2N=C(NC#N)Nc3nc(N)c(C#N)c(N)c32)cc1COc1cc(F)ccc1[N+](=O)[O-]. The fraction of sp³-hybridized carbons (Fsp3) is 0.130. The zero-order valence-corrected chi connectivity index (χ0v) is 19.2. The van der Waals surface area contributed by atoms with Crippen LogP contribution in [0.5, 0.6) is 11.5 Å². The third-order valence-corrected chi connectivity index (χ3v) is 5.48. The van der Waals surface area contributed by atoms with Gasteiger partial charge in [-0.15, -0.1) is 0 Å². The Morgan fingerprint density at radius 2 is 2.03 bits per heavy atom. The second-order valence-electron chi connectivity index (χ2n) is 7.63. The van der Waals surface area contributed by atoms with Crippen LogP contribution in [0.2, 0.25) is 0 Å². The number of hydrogen-bond acceptors (Lipinski definition) is 12. The highest BCUT2D eigenvalue weighted by atomic mass is 19.1. The van der Waals surface area contributed by atoms with Gasteiger partial charge in [0.1, 0.15) is 47.5 Å². The monoisotopic (exact) mass is 503 g/mol. The second kappa shape index (κ2) is 9.93. The summed E-state index contributed by atoms with van der Waals surface area (Å²) in [5.74, 6) is -0.391. The average Bonchev–Trinajstić information content (AvgIpc) is 2.87. The van der Waals surface area contributed by atoms with Crippen molar-refractivity contribution in [2.45, 2.75) is 12.6 Å². The molecule has 13 nitrogen and oxygen atoms in total. The van der Waals surface area contributed by atoms with Crippen LogP contribution in [0, 0.1) is 38.7 Å². The summed E-state index contributed by atoms with van der Waals surface area (Å²) < 4.78 is 24.7. The predicted molar refractivity (Wildman–Crippen MR) is 130 cm³/mol. The van der Waals surface area contributed by atoms with Crippen LogP contribution in [-0.2, 0) is 6.61 Å². The van der Waals surface area contributed by atoms with Gasteiger partial charge in [0.15, 0.2) is 11.9 Å². The maximum Gasteiger partial charge on any atom is 0.311 e. The molecule has 14 heteroatoms. The van der Waals surface area contributed by atoms with Crippen LogP contribution in [0.3, 0.4) is 0 Å². The number of benzene rings is 2. The summed E-state index contributed by atoms with van der Waals surface area (Å²) in [5, 5.41) is 35.1. The van der Waals surface area contributed by atoms with E-state index in [1.54, 1.807) is 24.4 Å². The lowest BCUT2D eigenvalue weighted by atomic mass is 9.94. The van der Waals surface area contributed by atoms with Crippen molar-refractivity contribution < 1.29 is 18.8 Å². The number of nitriles is 2. The smallest absolute Gasteiger partial charge is 0.311 e. The van der Waals surface area contributed by atoms with Gasteiger partial charge in [-0.25, -0.2) is 14.4 Å². The first-order valence-electron chi connectivity index (χ1n) is 10.5. The van der Waals surface area contributed by atoms with Gasteiger partial charge in [0, 0.05) is 23.3 Å². The highest BCUT2D eigenvalue weighted by Crippen LogP contribution is 2.41. The van der Waals surface area contributed by atoms with Crippen LogP contribution in [-0.4, -0.2) is 23.0 Å². The topological polar surface area (TPSA) is 211 Å². The molecule has 2 aromatic carbocycles. The number of ether oxygens (including phenoxy) is 2. The van der Waals surface area contributed by atoms with Crippen LogP contribution in [0.25, 0.3) is 0 Å². The van der Waals surface area contributed by atoms with E-state index in [0.717, 1.165) is 18.2 Å². The molecule has 1 unspecified atom stereocenters. The lowest BCUT2D eigenvalue weighted by molar-refractivity contribution is -0.386. The third kappa shape index (κ3) is 4.67. The Kier molecular flexibility index (Phi) is 6.57. The number of aromatic nitrogens is 1. The lowest BCUT2D eigenvalue weighted by Crippen LogP contribution is -2.32. The first-order chi connectivity index (χ1) is 17.8. The van der Waals surface area contributed by atoms with E-state index in [0.29, 0.717) is 22.4 Å². The first-order valence-corrected chi connectivity index (χ1v) is 10.5. The number of hydrogen-bond donors (Lipinski definition) is 4. The maximum atomic E-state index is 13.7. The second-order valence-corrected chi connectivity index (χ2v) is 7.63. The molecule has 0 fully saturated rings. The van der Waals surface area contributed by atoms with Crippen molar-refractivity contribution in [1.82, 2.24) is 10.3 Å². The fourth-order valence-corrected chi connectivity index (χ4v) is 3.81. The van der Waals surface area contributed by atoms with E-state index in [9.17, 15) is 19.8 Å². The zero-order chi connectivity index (χ0) is 26.7. The molecule has 0 aliphatic carbocycles. The molecule has 1 aliphatic rings. The summed E-state index contributed by atoms with van der Waals surface area (Å²) in [7, 11) is 1.43. The van der Waals surface area contributed by atoms with Gasteiger partial charge in [-0.05, 0) is 23.8 Å². The van der Waals surface area contributed by atoms with Crippen LogP contribution in [0.1, 0.15) is 28.3 Å². The number of nitrogens with two attached hydrogens (primary N) is 2. The van der Waals surface area contributed by atoms with E-state index >= 15 is 0 Å². The highest BCUT2D eigenvalue weighted by Gasteiger charge is 2.30. The number of anilines is 3. The zero-order valence-electron chi connectivity index (χ0n) is 19.2. The van der Waals surface area contributed by atoms with Gasteiger partial charge in [-0.3, -0.25) is 15.4 Å². The molecule has 37 heavy (non-hydrogen) atoms. The molecule has 2 heterocycles. The van der Waals surface area contributed by atoms with Gasteiger partial charge in [0.2, 0.25) is 5.96 Å². The predicted octanol–water partition coefficient (Wildman–Crippen LogP) is 2.69. The van der Waals surface area contributed by atoms with Crippen molar-refractivity contribution in [2.24, 2.45) is 4.99 Å². The number of rotatable bonds is 6. The van der Waals surface area contributed by atoms with Crippen LogP contribution in [0.4, 0.5) is 27.4 Å². The van der Waals surface area contributed by atoms with Crippen LogP contribution < -0.4 is 31.6 Å². The molecule has 1 aliphatic heterocycles. The molecular formula is C23H18FN9O4. The maximum absolute atomic E-state index is 13.7. The van der Waals surface area contributed by atoms with E-state index in [1.807, 2.05) is 6.07 Å². The fourth-order valence-electron chi connectivity index (χ4n) is 3.81. The van der Waals surface area contributed by atoms with Gasteiger partial charge in [-0.2, -0.15) is 10.5 Å². The summed E-state index contributed by atoms with van der Waals surface area (Å²) in [6.45, 7) is -0.217. The number of nitrogens with one attached hydrogen (secondary N) is 2. The summed E-state index contributed by atoms with van der Waals surface area (Å²) in [6, 6.07) is 8.94. The van der Waals surface area contributed by atoms with Crippen molar-refractivity contribution in [3.05, 3.63) is 74.6 Å². The van der Waals surface area contributed by atoms with Crippen molar-refractivity contribution in [3.63, 3.8) is 0 Å². The number of nitro groups is 1. The van der Waals surface area contributed by atoms with Crippen LogP contribution >= 0.6 is 0 Å². The lowest BCUT2D eigenvalue weighted by Gasteiger charge is -2.26. The Hall–Kier alpha value is -5.63. The molecule has 4 rings (SSSR count). The Labute approximate surface area is 208 Å². The molecule has 0 saturated heterocycles. The molecule has 0 bridgehead atoms. The minimum atomic E-state index is -0.833. The molecule has 0 saturated carbocycles. The van der Waals surface area contributed by atoms with E-state index < -0.39 is 22.5 Å². The van der Waals surface area contributed by atoms with Crippen molar-refractivity contribution in [1.29, 1.82) is 10.5 Å². The molecule has 6 N–H and O–H groups in total. The highest BCUT2D eigenvalue weighted by molar-refractivity contribution is 5.98. The van der Waals surface area contributed by atoms with Gasteiger partial charge in [0.25, 0.3) is 0 Å². The summed E-state index contributed by atoms with van der Waals surface area (Å²) in [4.78, 5) is 19.3. The van der Waals surface area contributed by atoms with E-state index in [2.05, 4.69) is 20.6 Å². The number of methoxy groups -OCH3 is 1. The van der Waals surface area contributed by atoms with Gasteiger partial charge in [-0.1, -0.05) is 6.07 Å². The molecule has 1 aromatic heterocycles. The van der Waals surface area contributed by atoms with Crippen molar-refractivity contribution in [2.75, 3.05) is 23.9 Å². The number of pyridine rings is 1. The Morgan fingerprint density at radius 1 is 1.24 bits per heavy atom.